The molecule has 2 fully saturated rings. The smallest absolute Gasteiger partial charge is 0.246 e. The van der Waals surface area contributed by atoms with Crippen molar-refractivity contribution >= 4 is 21.8 Å². The van der Waals surface area contributed by atoms with Gasteiger partial charge in [-0.3, -0.25) is 9.59 Å². The fraction of sp³-hybridized carbons (Fsp3) is 0.429. The first kappa shape index (κ1) is 31.9. The number of likely N-dealkylation sites (tertiary alicyclic amines) is 1. The third-order valence-corrected chi connectivity index (χ3v) is 10.5. The highest BCUT2D eigenvalue weighted by Crippen LogP contribution is 2.34. The first-order valence-electron chi connectivity index (χ1n) is 15.9. The number of hydrogen-bond donors (Lipinski definition) is 2. The second kappa shape index (κ2) is 14.5. The predicted octanol–water partition coefficient (Wildman–Crippen LogP) is 4.62. The van der Waals surface area contributed by atoms with Crippen LogP contribution < -0.4 is 10.0 Å². The lowest BCUT2D eigenvalue weighted by atomic mass is 9.81. The fourth-order valence-electron chi connectivity index (χ4n) is 6.51. The molecule has 2 aliphatic heterocycles. The van der Waals surface area contributed by atoms with Gasteiger partial charge in [-0.05, 0) is 62.1 Å². The van der Waals surface area contributed by atoms with E-state index in [0.29, 0.717) is 44.2 Å². The number of piperazine rings is 1. The Bertz CT molecular complexity index is 1510. The van der Waals surface area contributed by atoms with Crippen molar-refractivity contribution in [2.45, 2.75) is 68.3 Å². The number of nitrogens with zero attached hydrogens (tertiary/aromatic N) is 2. The fourth-order valence-corrected chi connectivity index (χ4v) is 7.81. The molecule has 3 aromatic carbocycles. The van der Waals surface area contributed by atoms with Crippen LogP contribution in [0.15, 0.2) is 89.8 Å². The van der Waals surface area contributed by atoms with Gasteiger partial charge in [0.2, 0.25) is 21.8 Å². The Kier molecular flexibility index (Phi) is 10.5. The van der Waals surface area contributed by atoms with E-state index in [0.717, 1.165) is 38.0 Å². The summed E-state index contributed by atoms with van der Waals surface area (Å²) in [6.07, 6.45) is 4.68. The zero-order chi connectivity index (χ0) is 31.0. The summed E-state index contributed by atoms with van der Waals surface area (Å²) >= 11 is 0. The Morgan fingerprint density at radius 2 is 1.52 bits per heavy atom. The number of rotatable bonds is 13. The minimum absolute atomic E-state index is 0.0124. The quantitative estimate of drug-likeness (QED) is 0.273. The minimum Gasteiger partial charge on any atom is -0.342 e. The molecule has 0 radical (unpaired) electrons. The van der Waals surface area contributed by atoms with Gasteiger partial charge in [0.25, 0.3) is 0 Å². The van der Waals surface area contributed by atoms with Crippen molar-refractivity contribution in [2.75, 3.05) is 32.7 Å². The second-order valence-corrected chi connectivity index (χ2v) is 13.6. The Hall–Kier alpha value is -3.53. The summed E-state index contributed by atoms with van der Waals surface area (Å²) < 4.78 is 29.1. The van der Waals surface area contributed by atoms with Crippen molar-refractivity contribution in [2.24, 2.45) is 0 Å². The molecule has 0 unspecified atom stereocenters. The van der Waals surface area contributed by atoms with Crippen molar-refractivity contribution in [1.29, 1.82) is 0 Å². The average Bonchev–Trinajstić information content (AvgIpc) is 3.06. The van der Waals surface area contributed by atoms with Gasteiger partial charge in [0.1, 0.15) is 11.6 Å². The number of piperidine rings is 1. The summed E-state index contributed by atoms with van der Waals surface area (Å²) in [7, 11) is -3.72. The maximum absolute atomic E-state index is 13.7. The van der Waals surface area contributed by atoms with E-state index < -0.39 is 21.6 Å². The first-order valence-corrected chi connectivity index (χ1v) is 17.4. The molecular weight excluding hydrogens is 572 g/mol. The molecule has 2 aliphatic rings. The van der Waals surface area contributed by atoms with E-state index in [1.165, 1.54) is 5.56 Å². The molecule has 0 aromatic heterocycles. The van der Waals surface area contributed by atoms with Gasteiger partial charge in [-0.15, -0.1) is 0 Å². The van der Waals surface area contributed by atoms with Crippen LogP contribution >= 0.6 is 0 Å². The van der Waals surface area contributed by atoms with Crippen LogP contribution in [0, 0.1) is 0 Å². The molecule has 1 spiro atoms. The molecule has 2 heterocycles. The molecule has 234 valence electrons. The highest BCUT2D eigenvalue weighted by molar-refractivity contribution is 7.89. The van der Waals surface area contributed by atoms with Crippen LogP contribution in [-0.4, -0.2) is 74.3 Å². The Morgan fingerprint density at radius 1 is 0.864 bits per heavy atom. The molecule has 2 saturated heterocycles. The van der Waals surface area contributed by atoms with E-state index in [-0.39, 0.29) is 23.3 Å². The molecule has 2 amide bonds. The summed E-state index contributed by atoms with van der Waals surface area (Å²) in [6.45, 7) is 5.36. The van der Waals surface area contributed by atoms with Crippen LogP contribution in [0.5, 0.6) is 0 Å². The average molecular weight is 617 g/mol. The van der Waals surface area contributed by atoms with Gasteiger partial charge in [-0.1, -0.05) is 85.8 Å². The van der Waals surface area contributed by atoms with Crippen molar-refractivity contribution in [3.63, 3.8) is 0 Å². The topological polar surface area (TPSA) is 98.8 Å². The zero-order valence-corrected chi connectivity index (χ0v) is 26.4. The van der Waals surface area contributed by atoms with Crippen molar-refractivity contribution in [3.8, 4) is 11.1 Å². The van der Waals surface area contributed by atoms with Gasteiger partial charge >= 0.3 is 0 Å². The van der Waals surface area contributed by atoms with E-state index in [9.17, 15) is 18.0 Å². The van der Waals surface area contributed by atoms with Crippen molar-refractivity contribution in [3.05, 3.63) is 90.5 Å². The minimum atomic E-state index is -3.72. The maximum Gasteiger partial charge on any atom is 0.246 e. The van der Waals surface area contributed by atoms with Gasteiger partial charge in [0.15, 0.2) is 0 Å². The molecule has 9 heteroatoms. The lowest BCUT2D eigenvalue weighted by Gasteiger charge is -2.51. The highest BCUT2D eigenvalue weighted by atomic mass is 32.2. The first-order chi connectivity index (χ1) is 21.3. The van der Waals surface area contributed by atoms with Gasteiger partial charge in [0, 0.05) is 38.3 Å². The summed E-state index contributed by atoms with van der Waals surface area (Å²) in [5, 5.41) is 3.06. The molecule has 5 rings (SSSR count). The molecule has 8 nitrogen and oxygen atoms in total. The number of benzene rings is 3. The van der Waals surface area contributed by atoms with E-state index in [1.807, 2.05) is 60.4 Å². The Balaban J connectivity index is 1.13. The molecule has 1 atom stereocenters. The summed E-state index contributed by atoms with van der Waals surface area (Å²) in [6, 6.07) is 26.3. The Labute approximate surface area is 261 Å². The summed E-state index contributed by atoms with van der Waals surface area (Å²) in [5.74, 6) is -0.0574. The number of carbonyl (C=O) groups excluding carboxylic acids is 2. The maximum atomic E-state index is 13.7. The second-order valence-electron chi connectivity index (χ2n) is 11.9. The van der Waals surface area contributed by atoms with Gasteiger partial charge in [-0.25, -0.2) is 13.1 Å². The van der Waals surface area contributed by atoms with Crippen LogP contribution in [0.4, 0.5) is 0 Å². The number of hydrogen-bond acceptors (Lipinski definition) is 5. The van der Waals surface area contributed by atoms with E-state index in [2.05, 4.69) is 39.2 Å². The molecule has 2 N–H and O–H groups in total. The number of amides is 2. The standard InChI is InChI=1S/C35H44N4O4S/c1-2-24-39-33(40)31(37-34(41)35(39)21-26-38(27-22-35)25-20-28-13-5-3-6-14-28)18-11-12-23-36-44(42,43)32-19-10-9-17-30(32)29-15-7-4-8-16-29/h3-10,13-17,19,31,36H,2,11-12,18,20-27H2,1H3,(H,37,41)/t31-/m0/s1. The third-order valence-electron chi connectivity index (χ3n) is 8.97. The number of nitrogens with one attached hydrogen (secondary N) is 2. The molecule has 0 bridgehead atoms. The van der Waals surface area contributed by atoms with Gasteiger partial charge < -0.3 is 15.1 Å². The monoisotopic (exact) mass is 616 g/mol. The number of carbonyl (C=O) groups is 2. The van der Waals surface area contributed by atoms with Gasteiger partial charge in [0.05, 0.1) is 4.90 Å². The number of unbranched alkanes of at least 4 members (excludes halogenated alkanes) is 1. The molecule has 44 heavy (non-hydrogen) atoms. The van der Waals surface area contributed by atoms with E-state index in [1.54, 1.807) is 12.1 Å². The predicted molar refractivity (Wildman–Crippen MR) is 173 cm³/mol. The third kappa shape index (κ3) is 7.22. The zero-order valence-electron chi connectivity index (χ0n) is 25.6. The molecule has 0 saturated carbocycles. The van der Waals surface area contributed by atoms with Crippen LogP contribution in [0.3, 0.4) is 0 Å². The Morgan fingerprint density at radius 3 is 2.23 bits per heavy atom. The molecular formula is C35H44N4O4S. The SMILES string of the molecule is CCCN1C(=O)[C@H](CCCCNS(=O)(=O)c2ccccc2-c2ccccc2)NC(=O)C12CCN(CCc1ccccc1)CC2. The molecule has 3 aromatic rings. The largest absolute Gasteiger partial charge is 0.342 e. The normalized spacial score (nSPS) is 18.8. The van der Waals surface area contributed by atoms with E-state index in [4.69, 9.17) is 0 Å². The summed E-state index contributed by atoms with van der Waals surface area (Å²) in [4.78, 5) is 31.8. The van der Waals surface area contributed by atoms with E-state index >= 15 is 0 Å². The number of sulfonamides is 1. The lowest BCUT2D eigenvalue weighted by molar-refractivity contribution is -0.161. The van der Waals surface area contributed by atoms with Crippen LogP contribution in [-0.2, 0) is 26.0 Å². The van der Waals surface area contributed by atoms with Gasteiger partial charge in [-0.2, -0.15) is 0 Å². The summed E-state index contributed by atoms with van der Waals surface area (Å²) in [5.41, 5.74) is 2.02. The van der Waals surface area contributed by atoms with Crippen molar-refractivity contribution in [1.82, 2.24) is 19.8 Å². The van der Waals surface area contributed by atoms with Crippen LogP contribution in [0.2, 0.25) is 0 Å². The van der Waals surface area contributed by atoms with Crippen molar-refractivity contribution < 1.29 is 18.0 Å². The van der Waals surface area contributed by atoms with Crippen LogP contribution in [0.1, 0.15) is 51.0 Å². The lowest BCUT2D eigenvalue weighted by Crippen LogP contribution is -2.72. The van der Waals surface area contributed by atoms with Crippen LogP contribution in [0.25, 0.3) is 11.1 Å². The molecule has 0 aliphatic carbocycles. The highest BCUT2D eigenvalue weighted by Gasteiger charge is 2.53.